The molecule has 1 N–H and O–H groups in total. The van der Waals surface area contributed by atoms with Crippen molar-refractivity contribution in [3.8, 4) is 0 Å². The predicted molar refractivity (Wildman–Crippen MR) is 119 cm³/mol. The minimum absolute atomic E-state index is 0.0547. The van der Waals surface area contributed by atoms with E-state index >= 15 is 0 Å². The molecule has 4 nitrogen and oxygen atoms in total. The van der Waals surface area contributed by atoms with E-state index in [0.29, 0.717) is 6.54 Å². The molecule has 28 heavy (non-hydrogen) atoms. The van der Waals surface area contributed by atoms with Gasteiger partial charge in [-0.25, -0.2) is 4.98 Å². The summed E-state index contributed by atoms with van der Waals surface area (Å²) in [6, 6.07) is 11.7. The zero-order valence-corrected chi connectivity index (χ0v) is 18.0. The van der Waals surface area contributed by atoms with Crippen molar-refractivity contribution in [2.24, 2.45) is 0 Å². The Labute approximate surface area is 178 Å². The molecule has 0 unspecified atom stereocenters. The molecule has 3 rings (SSSR count). The Kier molecular flexibility index (Phi) is 7.39. The molecule has 0 spiro atoms. The van der Waals surface area contributed by atoms with E-state index in [1.54, 1.807) is 11.3 Å². The van der Waals surface area contributed by atoms with E-state index in [4.69, 9.17) is 11.6 Å². The normalized spacial score (nSPS) is 11.0. The van der Waals surface area contributed by atoms with Crippen molar-refractivity contribution in [3.05, 3.63) is 79.9 Å². The van der Waals surface area contributed by atoms with Crippen LogP contribution >= 0.6 is 34.3 Å². The molecule has 0 bridgehead atoms. The van der Waals surface area contributed by atoms with Crippen LogP contribution in [0.3, 0.4) is 0 Å². The lowest BCUT2D eigenvalue weighted by Crippen LogP contribution is -2.22. The first kappa shape index (κ1) is 20.7. The van der Waals surface area contributed by atoms with E-state index in [1.165, 1.54) is 16.2 Å². The van der Waals surface area contributed by atoms with Crippen LogP contribution in [-0.4, -0.2) is 22.3 Å². The molecule has 0 saturated carbocycles. The molecule has 7 heteroatoms. The van der Waals surface area contributed by atoms with Crippen molar-refractivity contribution in [1.29, 1.82) is 0 Å². The highest BCUT2D eigenvalue weighted by atomic mass is 35.5. The summed E-state index contributed by atoms with van der Waals surface area (Å²) in [5, 5.41) is 5.75. The van der Waals surface area contributed by atoms with Crippen LogP contribution in [-0.2, 0) is 24.3 Å². The molecule has 0 saturated heterocycles. The summed E-state index contributed by atoms with van der Waals surface area (Å²) < 4.78 is 0.795. The van der Waals surface area contributed by atoms with Crippen LogP contribution in [0.4, 0.5) is 5.69 Å². The summed E-state index contributed by atoms with van der Waals surface area (Å²) >= 11 is 9.13. The summed E-state index contributed by atoms with van der Waals surface area (Å²) in [5.74, 6) is -0.0547. The number of carbonyl (C=O) groups excluding carboxylic acids is 1. The smallest absolute Gasteiger partial charge is 0.231 e. The second-order valence-corrected chi connectivity index (χ2v) is 9.23. The third-order valence-electron chi connectivity index (χ3n) is 4.03. The first-order valence-electron chi connectivity index (χ1n) is 8.89. The van der Waals surface area contributed by atoms with Crippen molar-refractivity contribution >= 4 is 45.9 Å². The van der Waals surface area contributed by atoms with Crippen LogP contribution in [0.2, 0.25) is 4.34 Å². The number of carbonyl (C=O) groups is 1. The van der Waals surface area contributed by atoms with E-state index < -0.39 is 0 Å². The average molecular weight is 432 g/mol. The van der Waals surface area contributed by atoms with E-state index in [9.17, 15) is 4.79 Å². The van der Waals surface area contributed by atoms with Crippen LogP contribution in [0, 0.1) is 6.92 Å². The zero-order chi connectivity index (χ0) is 19.9. The first-order chi connectivity index (χ1) is 13.5. The van der Waals surface area contributed by atoms with Gasteiger partial charge in [0.1, 0.15) is 5.01 Å². The minimum Gasteiger partial charge on any atom is -0.326 e. The number of amides is 1. The van der Waals surface area contributed by atoms with Gasteiger partial charge in [-0.3, -0.25) is 9.69 Å². The summed E-state index contributed by atoms with van der Waals surface area (Å²) in [5.41, 5.74) is 2.93. The quantitative estimate of drug-likeness (QED) is 0.452. The molecule has 2 aromatic heterocycles. The number of rotatable bonds is 9. The number of aromatic nitrogens is 1. The molecule has 0 aliphatic heterocycles. The molecule has 3 aromatic rings. The maximum absolute atomic E-state index is 12.3. The fourth-order valence-corrected chi connectivity index (χ4v) is 4.65. The highest BCUT2D eigenvalue weighted by Crippen LogP contribution is 2.23. The number of aryl methyl sites for hydroxylation is 1. The molecule has 2 heterocycles. The molecule has 0 fully saturated rings. The SMILES string of the molecule is C=CCN(Cc1csc(CC(=O)Nc2ccc(C)cc2)n1)Cc1ccc(Cl)s1. The molecule has 1 amide bonds. The summed E-state index contributed by atoms with van der Waals surface area (Å²) in [6.07, 6.45) is 2.16. The third-order valence-corrected chi connectivity index (χ3v) is 6.14. The fraction of sp³-hybridized carbons (Fsp3) is 0.238. The molecule has 1 aromatic carbocycles. The third kappa shape index (κ3) is 6.27. The Bertz CT molecular complexity index is 933. The lowest BCUT2D eigenvalue weighted by atomic mass is 10.2. The van der Waals surface area contributed by atoms with Crippen molar-refractivity contribution in [2.75, 3.05) is 11.9 Å². The Balaban J connectivity index is 1.56. The van der Waals surface area contributed by atoms with Crippen molar-refractivity contribution < 1.29 is 4.79 Å². The number of hydrogen-bond acceptors (Lipinski definition) is 5. The van der Waals surface area contributed by atoms with Gasteiger partial charge in [0.05, 0.1) is 16.5 Å². The standard InChI is InChI=1S/C21H22ClN3OS2/c1-3-10-25(13-18-8-9-19(22)28-18)12-17-14-27-21(24-17)11-20(26)23-16-6-4-15(2)5-7-16/h3-9,14H,1,10-13H2,2H3,(H,23,26). The van der Waals surface area contributed by atoms with Gasteiger partial charge in [-0.2, -0.15) is 0 Å². The van der Waals surface area contributed by atoms with Gasteiger partial charge in [0, 0.05) is 35.6 Å². The fourth-order valence-electron chi connectivity index (χ4n) is 2.74. The number of benzene rings is 1. The van der Waals surface area contributed by atoms with Crippen LogP contribution in [0.5, 0.6) is 0 Å². The van der Waals surface area contributed by atoms with Crippen LogP contribution in [0.1, 0.15) is 21.1 Å². The van der Waals surface area contributed by atoms with Gasteiger partial charge in [0.2, 0.25) is 5.91 Å². The Morgan fingerprint density at radius 1 is 1.25 bits per heavy atom. The molecule has 0 atom stereocenters. The van der Waals surface area contributed by atoms with E-state index in [1.807, 2.05) is 54.8 Å². The minimum atomic E-state index is -0.0547. The summed E-state index contributed by atoms with van der Waals surface area (Å²) in [7, 11) is 0. The maximum atomic E-state index is 12.3. The number of halogens is 1. The number of nitrogens with zero attached hydrogens (tertiary/aromatic N) is 2. The molecule has 0 aliphatic carbocycles. The van der Waals surface area contributed by atoms with Gasteiger partial charge < -0.3 is 5.32 Å². The topological polar surface area (TPSA) is 45.2 Å². The van der Waals surface area contributed by atoms with Crippen molar-refractivity contribution in [2.45, 2.75) is 26.4 Å². The van der Waals surface area contributed by atoms with E-state index in [-0.39, 0.29) is 12.3 Å². The monoisotopic (exact) mass is 431 g/mol. The largest absolute Gasteiger partial charge is 0.326 e. The highest BCUT2D eigenvalue weighted by molar-refractivity contribution is 7.16. The molecule has 0 radical (unpaired) electrons. The summed E-state index contributed by atoms with van der Waals surface area (Å²) in [6.45, 7) is 8.12. The second-order valence-electron chi connectivity index (χ2n) is 6.49. The van der Waals surface area contributed by atoms with E-state index in [0.717, 1.165) is 39.4 Å². The van der Waals surface area contributed by atoms with Crippen LogP contribution < -0.4 is 5.32 Å². The molecule has 0 aliphatic rings. The van der Waals surface area contributed by atoms with Gasteiger partial charge in [0.25, 0.3) is 0 Å². The molecular weight excluding hydrogens is 410 g/mol. The lowest BCUT2D eigenvalue weighted by Gasteiger charge is -2.18. The van der Waals surface area contributed by atoms with Crippen molar-refractivity contribution in [3.63, 3.8) is 0 Å². The van der Waals surface area contributed by atoms with Crippen LogP contribution in [0.25, 0.3) is 0 Å². The highest BCUT2D eigenvalue weighted by Gasteiger charge is 2.12. The summed E-state index contributed by atoms with van der Waals surface area (Å²) in [4.78, 5) is 20.4. The number of thiazole rings is 1. The van der Waals surface area contributed by atoms with Gasteiger partial charge in [-0.15, -0.1) is 29.3 Å². The zero-order valence-electron chi connectivity index (χ0n) is 15.7. The average Bonchev–Trinajstić information content (AvgIpc) is 3.26. The van der Waals surface area contributed by atoms with Gasteiger partial charge >= 0.3 is 0 Å². The Morgan fingerprint density at radius 2 is 2.04 bits per heavy atom. The Morgan fingerprint density at radius 3 is 2.71 bits per heavy atom. The van der Waals surface area contributed by atoms with E-state index in [2.05, 4.69) is 21.8 Å². The van der Waals surface area contributed by atoms with Gasteiger partial charge in [0.15, 0.2) is 0 Å². The number of anilines is 1. The number of hydrogen-bond donors (Lipinski definition) is 1. The second kappa shape index (κ2) is 9.98. The maximum Gasteiger partial charge on any atom is 0.231 e. The first-order valence-corrected chi connectivity index (χ1v) is 11.0. The van der Waals surface area contributed by atoms with Gasteiger partial charge in [-0.05, 0) is 31.2 Å². The van der Waals surface area contributed by atoms with Crippen molar-refractivity contribution in [1.82, 2.24) is 9.88 Å². The molecular formula is C21H22ClN3OS2. The Hall–Kier alpha value is -1.99. The van der Waals surface area contributed by atoms with Crippen LogP contribution in [0.15, 0.2) is 54.4 Å². The number of thiophene rings is 1. The number of nitrogens with one attached hydrogen (secondary N) is 1. The molecule has 146 valence electrons. The lowest BCUT2D eigenvalue weighted by molar-refractivity contribution is -0.115. The predicted octanol–water partition coefficient (Wildman–Crippen LogP) is 5.54. The van der Waals surface area contributed by atoms with Gasteiger partial charge in [-0.1, -0.05) is 35.4 Å².